The SMILES string of the molecule is O=C(Nc1ccc(Cc2ccncc2)cc1)c1ccc2ccccc2n1. The van der Waals surface area contributed by atoms with Crippen LogP contribution >= 0.6 is 0 Å². The van der Waals surface area contributed by atoms with E-state index < -0.39 is 0 Å². The normalized spacial score (nSPS) is 10.6. The van der Waals surface area contributed by atoms with Gasteiger partial charge in [-0.25, -0.2) is 4.98 Å². The Hall–Kier alpha value is -3.53. The first kappa shape index (κ1) is 16.0. The lowest BCUT2D eigenvalue weighted by Gasteiger charge is -2.07. The highest BCUT2D eigenvalue weighted by Crippen LogP contribution is 2.16. The van der Waals surface area contributed by atoms with E-state index in [4.69, 9.17) is 0 Å². The molecule has 0 atom stereocenters. The van der Waals surface area contributed by atoms with Crippen molar-refractivity contribution in [1.29, 1.82) is 0 Å². The molecule has 0 saturated carbocycles. The molecular weight excluding hydrogens is 322 g/mol. The molecule has 4 heteroatoms. The van der Waals surface area contributed by atoms with Gasteiger partial charge in [-0.2, -0.15) is 0 Å². The van der Waals surface area contributed by atoms with Gasteiger partial charge in [-0.1, -0.05) is 36.4 Å². The van der Waals surface area contributed by atoms with E-state index in [1.54, 1.807) is 18.5 Å². The first-order chi connectivity index (χ1) is 12.8. The first-order valence-electron chi connectivity index (χ1n) is 8.43. The molecule has 0 aliphatic rings. The second kappa shape index (κ2) is 7.15. The van der Waals surface area contributed by atoms with Gasteiger partial charge in [0.05, 0.1) is 5.52 Å². The van der Waals surface area contributed by atoms with Crippen molar-refractivity contribution in [3.05, 3.63) is 102 Å². The Balaban J connectivity index is 1.46. The van der Waals surface area contributed by atoms with Gasteiger partial charge in [-0.3, -0.25) is 9.78 Å². The number of benzene rings is 2. The van der Waals surface area contributed by atoms with Crippen LogP contribution in [0.15, 0.2) is 85.2 Å². The van der Waals surface area contributed by atoms with Crippen molar-refractivity contribution in [2.24, 2.45) is 0 Å². The molecule has 2 heterocycles. The summed E-state index contributed by atoms with van der Waals surface area (Å²) >= 11 is 0. The van der Waals surface area contributed by atoms with Crippen LogP contribution in [0, 0.1) is 0 Å². The molecule has 0 radical (unpaired) electrons. The van der Waals surface area contributed by atoms with Crippen LogP contribution in [0.2, 0.25) is 0 Å². The Labute approximate surface area is 151 Å². The fourth-order valence-electron chi connectivity index (χ4n) is 2.83. The van der Waals surface area contributed by atoms with Gasteiger partial charge in [-0.15, -0.1) is 0 Å². The average molecular weight is 339 g/mol. The van der Waals surface area contributed by atoms with Crippen molar-refractivity contribution in [3.8, 4) is 0 Å². The lowest BCUT2D eigenvalue weighted by Crippen LogP contribution is -2.13. The van der Waals surface area contributed by atoms with Crippen molar-refractivity contribution in [3.63, 3.8) is 0 Å². The van der Waals surface area contributed by atoms with Crippen molar-refractivity contribution >= 4 is 22.5 Å². The quantitative estimate of drug-likeness (QED) is 0.597. The third kappa shape index (κ3) is 3.59. The van der Waals surface area contributed by atoms with Crippen LogP contribution in [0.4, 0.5) is 5.69 Å². The molecule has 1 N–H and O–H groups in total. The minimum absolute atomic E-state index is 0.211. The number of hydrogen-bond donors (Lipinski definition) is 1. The highest BCUT2D eigenvalue weighted by Gasteiger charge is 2.08. The molecule has 0 aliphatic carbocycles. The molecule has 1 amide bonds. The van der Waals surface area contributed by atoms with Crippen LogP contribution in [-0.4, -0.2) is 15.9 Å². The summed E-state index contributed by atoms with van der Waals surface area (Å²) in [4.78, 5) is 20.9. The Morgan fingerprint density at radius 2 is 1.54 bits per heavy atom. The van der Waals surface area contributed by atoms with Crippen molar-refractivity contribution in [2.75, 3.05) is 5.32 Å². The first-order valence-corrected chi connectivity index (χ1v) is 8.43. The van der Waals surface area contributed by atoms with E-state index in [0.717, 1.165) is 23.0 Å². The van der Waals surface area contributed by atoms with E-state index >= 15 is 0 Å². The van der Waals surface area contributed by atoms with Gasteiger partial charge in [0.1, 0.15) is 5.69 Å². The lowest BCUT2D eigenvalue weighted by atomic mass is 10.1. The van der Waals surface area contributed by atoms with Crippen molar-refractivity contribution in [1.82, 2.24) is 9.97 Å². The number of rotatable bonds is 4. The zero-order valence-electron chi connectivity index (χ0n) is 14.1. The second-order valence-electron chi connectivity index (χ2n) is 6.07. The fourth-order valence-corrected chi connectivity index (χ4v) is 2.83. The molecule has 26 heavy (non-hydrogen) atoms. The van der Waals surface area contributed by atoms with Crippen LogP contribution in [-0.2, 0) is 6.42 Å². The molecule has 0 bridgehead atoms. The van der Waals surface area contributed by atoms with Crippen LogP contribution in [0.25, 0.3) is 10.9 Å². The number of para-hydroxylation sites is 1. The number of fused-ring (bicyclic) bond motifs is 1. The summed E-state index contributed by atoms with van der Waals surface area (Å²) in [6, 6.07) is 23.3. The highest BCUT2D eigenvalue weighted by atomic mass is 16.1. The van der Waals surface area contributed by atoms with Gasteiger partial charge in [-0.05, 0) is 53.9 Å². The Kier molecular flexibility index (Phi) is 4.39. The minimum Gasteiger partial charge on any atom is -0.321 e. The van der Waals surface area contributed by atoms with E-state index in [1.807, 2.05) is 66.7 Å². The van der Waals surface area contributed by atoms with Crippen LogP contribution in [0.5, 0.6) is 0 Å². The third-order valence-electron chi connectivity index (χ3n) is 4.20. The highest BCUT2D eigenvalue weighted by molar-refractivity contribution is 6.04. The van der Waals surface area contributed by atoms with Gasteiger partial charge in [0.2, 0.25) is 0 Å². The maximum absolute atomic E-state index is 12.5. The smallest absolute Gasteiger partial charge is 0.274 e. The predicted octanol–water partition coefficient (Wildman–Crippen LogP) is 4.47. The van der Waals surface area contributed by atoms with Crippen molar-refractivity contribution in [2.45, 2.75) is 6.42 Å². The summed E-state index contributed by atoms with van der Waals surface area (Å²) < 4.78 is 0. The van der Waals surface area contributed by atoms with Gasteiger partial charge in [0, 0.05) is 23.5 Å². The number of hydrogen-bond acceptors (Lipinski definition) is 3. The zero-order valence-corrected chi connectivity index (χ0v) is 14.1. The largest absolute Gasteiger partial charge is 0.321 e. The van der Waals surface area contributed by atoms with Gasteiger partial charge in [0.15, 0.2) is 0 Å². The number of carbonyl (C=O) groups is 1. The number of nitrogens with one attached hydrogen (secondary N) is 1. The summed E-state index contributed by atoms with van der Waals surface area (Å²) in [6.45, 7) is 0. The minimum atomic E-state index is -0.211. The molecule has 4 rings (SSSR count). The van der Waals surface area contributed by atoms with Crippen LogP contribution in [0.3, 0.4) is 0 Å². The average Bonchev–Trinajstić information content (AvgIpc) is 2.70. The van der Waals surface area contributed by atoms with Gasteiger partial charge in [0.25, 0.3) is 5.91 Å². The molecule has 4 aromatic rings. The molecular formula is C22H17N3O. The number of amides is 1. The third-order valence-corrected chi connectivity index (χ3v) is 4.20. The van der Waals surface area contributed by atoms with E-state index in [0.29, 0.717) is 5.69 Å². The van der Waals surface area contributed by atoms with E-state index in [9.17, 15) is 4.79 Å². The summed E-state index contributed by atoms with van der Waals surface area (Å²) in [5, 5.41) is 3.92. The summed E-state index contributed by atoms with van der Waals surface area (Å²) in [6.07, 6.45) is 4.42. The van der Waals surface area contributed by atoms with Crippen molar-refractivity contribution < 1.29 is 4.79 Å². The molecule has 0 aliphatic heterocycles. The summed E-state index contributed by atoms with van der Waals surface area (Å²) in [5.41, 5.74) is 4.36. The topological polar surface area (TPSA) is 54.9 Å². The monoisotopic (exact) mass is 339 g/mol. The van der Waals surface area contributed by atoms with Gasteiger partial charge >= 0.3 is 0 Å². The van der Waals surface area contributed by atoms with Crippen LogP contribution < -0.4 is 5.32 Å². The fraction of sp³-hybridized carbons (Fsp3) is 0.0455. The Morgan fingerprint density at radius 1 is 0.808 bits per heavy atom. The number of carbonyl (C=O) groups excluding carboxylic acids is 1. The summed E-state index contributed by atoms with van der Waals surface area (Å²) in [7, 11) is 0. The Morgan fingerprint density at radius 3 is 2.35 bits per heavy atom. The standard InChI is InChI=1S/C22H17N3O/c26-22(21-10-7-18-3-1-2-4-20(18)25-21)24-19-8-5-16(6-9-19)15-17-11-13-23-14-12-17/h1-14H,15H2,(H,24,26). The predicted molar refractivity (Wildman–Crippen MR) is 103 cm³/mol. The second-order valence-corrected chi connectivity index (χ2v) is 6.07. The van der Waals surface area contributed by atoms with Gasteiger partial charge < -0.3 is 5.32 Å². The molecule has 0 spiro atoms. The molecule has 2 aromatic carbocycles. The zero-order chi connectivity index (χ0) is 17.8. The molecule has 4 nitrogen and oxygen atoms in total. The molecule has 0 unspecified atom stereocenters. The molecule has 2 aromatic heterocycles. The maximum Gasteiger partial charge on any atom is 0.274 e. The summed E-state index contributed by atoms with van der Waals surface area (Å²) in [5.74, 6) is -0.211. The number of pyridine rings is 2. The molecule has 0 fully saturated rings. The number of nitrogens with zero attached hydrogens (tertiary/aromatic N) is 2. The molecule has 0 saturated heterocycles. The van der Waals surface area contributed by atoms with E-state index in [-0.39, 0.29) is 5.91 Å². The van der Waals surface area contributed by atoms with E-state index in [2.05, 4.69) is 15.3 Å². The Bertz CT molecular complexity index is 1040. The van der Waals surface area contributed by atoms with Crippen LogP contribution in [0.1, 0.15) is 21.6 Å². The molecule has 126 valence electrons. The maximum atomic E-state index is 12.5. The number of aromatic nitrogens is 2. The van der Waals surface area contributed by atoms with E-state index in [1.165, 1.54) is 11.1 Å². The number of anilines is 1. The lowest BCUT2D eigenvalue weighted by molar-refractivity contribution is 0.102.